The molecule has 4 aromatic rings. The van der Waals surface area contributed by atoms with Gasteiger partial charge in [-0.15, -0.1) is 22.7 Å². The summed E-state index contributed by atoms with van der Waals surface area (Å²) in [6.07, 6.45) is 0. The van der Waals surface area contributed by atoms with Crippen LogP contribution in [0.15, 0.2) is 29.1 Å². The highest BCUT2D eigenvalue weighted by Gasteiger charge is 2.19. The molecule has 0 spiro atoms. The molecule has 3 heterocycles. The van der Waals surface area contributed by atoms with Crippen LogP contribution in [0.5, 0.6) is 0 Å². The minimum atomic E-state index is -0.0490. The number of aromatic nitrogens is 3. The molecule has 1 aromatic carbocycles. The zero-order chi connectivity index (χ0) is 18.4. The number of thiazole rings is 1. The molecule has 26 heavy (non-hydrogen) atoms. The summed E-state index contributed by atoms with van der Waals surface area (Å²) in [6.45, 7) is 6.78. The molecule has 4 rings (SSSR count). The van der Waals surface area contributed by atoms with Crippen molar-refractivity contribution < 1.29 is 0 Å². The average molecular weight is 385 g/mol. The van der Waals surface area contributed by atoms with Crippen LogP contribution >= 0.6 is 22.7 Å². The molecule has 0 aliphatic heterocycles. The standard InChI is InChI=1S/C19H20N4OS2/c1-10-12(3)25-19-16(10)18(24)21-17(22-19)11(2)23(4)9-15-20-13-7-5-6-8-14(13)26-15/h5-8,11H,9H2,1-4H3,(H,21,22,24)/t11-/m0/s1. The van der Waals surface area contributed by atoms with Crippen molar-refractivity contribution >= 4 is 43.1 Å². The molecule has 0 saturated heterocycles. The van der Waals surface area contributed by atoms with Crippen molar-refractivity contribution in [3.8, 4) is 0 Å². The third-order valence-electron chi connectivity index (χ3n) is 4.84. The van der Waals surface area contributed by atoms with Crippen molar-refractivity contribution in [2.45, 2.75) is 33.4 Å². The molecule has 7 heteroatoms. The van der Waals surface area contributed by atoms with Crippen LogP contribution in [-0.4, -0.2) is 26.9 Å². The number of hydrogen-bond acceptors (Lipinski definition) is 6. The summed E-state index contributed by atoms with van der Waals surface area (Å²) in [5.41, 5.74) is 2.01. The van der Waals surface area contributed by atoms with Crippen molar-refractivity contribution in [3.63, 3.8) is 0 Å². The summed E-state index contributed by atoms with van der Waals surface area (Å²) >= 11 is 3.29. The second-order valence-electron chi connectivity index (χ2n) is 6.58. The Labute approximate surface area is 159 Å². The van der Waals surface area contributed by atoms with Crippen LogP contribution < -0.4 is 5.56 Å². The summed E-state index contributed by atoms with van der Waals surface area (Å²) < 4.78 is 1.20. The van der Waals surface area contributed by atoms with Gasteiger partial charge in [0, 0.05) is 4.88 Å². The lowest BCUT2D eigenvalue weighted by molar-refractivity contribution is 0.244. The number of benzene rings is 1. The van der Waals surface area contributed by atoms with Gasteiger partial charge in [0.05, 0.1) is 28.2 Å². The summed E-state index contributed by atoms with van der Waals surface area (Å²) in [5.74, 6) is 0.701. The predicted molar refractivity (Wildman–Crippen MR) is 109 cm³/mol. The third kappa shape index (κ3) is 2.96. The quantitative estimate of drug-likeness (QED) is 0.566. The minimum Gasteiger partial charge on any atom is -0.309 e. The molecular weight excluding hydrogens is 364 g/mol. The molecule has 0 fully saturated rings. The van der Waals surface area contributed by atoms with Crippen LogP contribution in [0.25, 0.3) is 20.4 Å². The SMILES string of the molecule is Cc1sc2nc([C@H](C)N(C)Cc3nc4ccccc4s3)[nH]c(=O)c2c1C. The number of hydrogen-bond donors (Lipinski definition) is 1. The molecule has 0 aliphatic carbocycles. The van der Waals surface area contributed by atoms with Gasteiger partial charge >= 0.3 is 0 Å². The molecule has 0 amide bonds. The molecule has 3 aromatic heterocycles. The van der Waals surface area contributed by atoms with E-state index in [0.717, 1.165) is 31.2 Å². The highest BCUT2D eigenvalue weighted by Crippen LogP contribution is 2.28. The first-order chi connectivity index (χ1) is 12.4. The highest BCUT2D eigenvalue weighted by molar-refractivity contribution is 7.19. The monoisotopic (exact) mass is 384 g/mol. The number of nitrogens with zero attached hydrogens (tertiary/aromatic N) is 3. The topological polar surface area (TPSA) is 61.9 Å². The maximum Gasteiger partial charge on any atom is 0.259 e. The Morgan fingerprint density at radius 2 is 1.96 bits per heavy atom. The van der Waals surface area contributed by atoms with Crippen molar-refractivity contribution in [2.24, 2.45) is 0 Å². The first-order valence-corrected chi connectivity index (χ1v) is 10.1. The van der Waals surface area contributed by atoms with Crippen molar-refractivity contribution in [2.75, 3.05) is 7.05 Å². The van der Waals surface area contributed by atoms with Crippen LogP contribution in [0.1, 0.15) is 34.2 Å². The van der Waals surface area contributed by atoms with Crippen LogP contribution in [0.2, 0.25) is 0 Å². The zero-order valence-electron chi connectivity index (χ0n) is 15.2. The molecule has 0 bridgehead atoms. The Morgan fingerprint density at radius 1 is 1.19 bits per heavy atom. The smallest absolute Gasteiger partial charge is 0.259 e. The predicted octanol–water partition coefficient (Wildman–Crippen LogP) is 4.40. The van der Waals surface area contributed by atoms with Gasteiger partial charge in [0.15, 0.2) is 0 Å². The summed E-state index contributed by atoms with van der Waals surface area (Å²) in [6, 6.07) is 8.15. The molecule has 0 unspecified atom stereocenters. The van der Waals surface area contributed by atoms with E-state index in [0.29, 0.717) is 12.4 Å². The van der Waals surface area contributed by atoms with E-state index in [1.54, 1.807) is 22.7 Å². The van der Waals surface area contributed by atoms with E-state index in [2.05, 4.69) is 22.9 Å². The lowest BCUT2D eigenvalue weighted by Crippen LogP contribution is -2.25. The van der Waals surface area contributed by atoms with Gasteiger partial charge in [-0.2, -0.15) is 0 Å². The largest absolute Gasteiger partial charge is 0.309 e. The number of fused-ring (bicyclic) bond motifs is 2. The van der Waals surface area contributed by atoms with E-state index in [1.807, 2.05) is 39.1 Å². The molecular formula is C19H20N4OS2. The molecule has 5 nitrogen and oxygen atoms in total. The minimum absolute atomic E-state index is 0.0122. The Hall–Kier alpha value is -2.09. The molecule has 134 valence electrons. The van der Waals surface area contributed by atoms with E-state index in [-0.39, 0.29) is 11.6 Å². The fraction of sp³-hybridized carbons (Fsp3) is 0.316. The van der Waals surface area contributed by atoms with Crippen LogP contribution in [0.4, 0.5) is 0 Å². The molecule has 0 radical (unpaired) electrons. The molecule has 1 N–H and O–H groups in total. The summed E-state index contributed by atoms with van der Waals surface area (Å²) in [5, 5.41) is 1.78. The number of H-pyrrole nitrogens is 1. The van der Waals surface area contributed by atoms with Gasteiger partial charge in [-0.3, -0.25) is 9.69 Å². The Bertz CT molecular complexity index is 1120. The molecule has 0 saturated carbocycles. The molecule has 0 aliphatic rings. The van der Waals surface area contributed by atoms with Gasteiger partial charge in [0.2, 0.25) is 0 Å². The Morgan fingerprint density at radius 3 is 2.73 bits per heavy atom. The van der Waals surface area contributed by atoms with E-state index in [9.17, 15) is 4.79 Å². The van der Waals surface area contributed by atoms with Crippen LogP contribution in [-0.2, 0) is 6.54 Å². The van der Waals surface area contributed by atoms with Crippen LogP contribution in [0, 0.1) is 13.8 Å². The van der Waals surface area contributed by atoms with Crippen molar-refractivity contribution in [1.82, 2.24) is 19.9 Å². The van der Waals surface area contributed by atoms with Gasteiger partial charge in [0.25, 0.3) is 5.56 Å². The summed E-state index contributed by atoms with van der Waals surface area (Å²) in [4.78, 5) is 29.0. The molecule has 1 atom stereocenters. The third-order valence-corrected chi connectivity index (χ3v) is 6.96. The van der Waals surface area contributed by atoms with Gasteiger partial charge in [-0.1, -0.05) is 12.1 Å². The first-order valence-electron chi connectivity index (χ1n) is 8.48. The van der Waals surface area contributed by atoms with Crippen molar-refractivity contribution in [1.29, 1.82) is 0 Å². The Balaban J connectivity index is 1.63. The number of rotatable bonds is 4. The normalized spacial score (nSPS) is 13.1. The second kappa shape index (κ2) is 6.57. The zero-order valence-corrected chi connectivity index (χ0v) is 16.8. The highest BCUT2D eigenvalue weighted by atomic mass is 32.1. The fourth-order valence-corrected chi connectivity index (χ4v) is 5.08. The maximum absolute atomic E-state index is 12.5. The van der Waals surface area contributed by atoms with E-state index in [1.165, 1.54) is 4.70 Å². The van der Waals surface area contributed by atoms with Gasteiger partial charge in [-0.05, 0) is 45.5 Å². The summed E-state index contributed by atoms with van der Waals surface area (Å²) in [7, 11) is 2.03. The number of aryl methyl sites for hydroxylation is 2. The van der Waals surface area contributed by atoms with E-state index >= 15 is 0 Å². The van der Waals surface area contributed by atoms with E-state index < -0.39 is 0 Å². The number of para-hydroxylation sites is 1. The van der Waals surface area contributed by atoms with Crippen molar-refractivity contribution in [3.05, 3.63) is 55.9 Å². The van der Waals surface area contributed by atoms with Crippen LogP contribution in [0.3, 0.4) is 0 Å². The van der Waals surface area contributed by atoms with Gasteiger partial charge < -0.3 is 4.98 Å². The Kier molecular flexibility index (Phi) is 4.38. The second-order valence-corrected chi connectivity index (χ2v) is 8.90. The lowest BCUT2D eigenvalue weighted by Gasteiger charge is -2.22. The average Bonchev–Trinajstić information content (AvgIpc) is 3.14. The van der Waals surface area contributed by atoms with Gasteiger partial charge in [-0.25, -0.2) is 9.97 Å². The number of nitrogens with one attached hydrogen (secondary N) is 1. The van der Waals surface area contributed by atoms with Gasteiger partial charge in [0.1, 0.15) is 15.7 Å². The maximum atomic E-state index is 12.5. The van der Waals surface area contributed by atoms with E-state index in [4.69, 9.17) is 9.97 Å². The lowest BCUT2D eigenvalue weighted by atomic mass is 10.2. The number of thiophene rings is 1. The first kappa shape index (κ1) is 17.3. The fourth-order valence-electron chi connectivity index (χ4n) is 3.02. The number of aromatic amines is 1.